The van der Waals surface area contributed by atoms with Gasteiger partial charge in [0.25, 0.3) is 0 Å². The topological polar surface area (TPSA) is 33.7 Å². The molecule has 2 atom stereocenters. The van der Waals surface area contributed by atoms with Gasteiger partial charge < -0.3 is 19.7 Å². The highest BCUT2D eigenvalue weighted by Gasteiger charge is 2.19. The molecular weight excluding hydrogens is 252 g/mol. The number of nitrogens with one attached hydrogen (secondary N) is 1. The summed E-state index contributed by atoms with van der Waals surface area (Å²) in [4.78, 5) is 2.39. The van der Waals surface area contributed by atoms with E-state index in [1.807, 2.05) is 12.1 Å². The molecule has 1 N–H and O–H groups in total. The van der Waals surface area contributed by atoms with Crippen molar-refractivity contribution in [2.75, 3.05) is 40.5 Å². The molecule has 1 aromatic carbocycles. The van der Waals surface area contributed by atoms with Crippen LogP contribution >= 0.6 is 0 Å². The zero-order valence-corrected chi connectivity index (χ0v) is 12.8. The van der Waals surface area contributed by atoms with E-state index in [0.717, 1.165) is 38.5 Å². The quantitative estimate of drug-likeness (QED) is 0.856. The summed E-state index contributed by atoms with van der Waals surface area (Å²) in [5.41, 5.74) is 1.27. The van der Waals surface area contributed by atoms with Gasteiger partial charge in [-0.15, -0.1) is 0 Å². The van der Waals surface area contributed by atoms with Gasteiger partial charge in [0.1, 0.15) is 5.75 Å². The van der Waals surface area contributed by atoms with Gasteiger partial charge in [0, 0.05) is 25.2 Å². The van der Waals surface area contributed by atoms with Gasteiger partial charge in [-0.3, -0.25) is 0 Å². The van der Waals surface area contributed by atoms with Crippen LogP contribution in [0.3, 0.4) is 0 Å². The molecule has 20 heavy (non-hydrogen) atoms. The van der Waals surface area contributed by atoms with Crippen LogP contribution in [0.15, 0.2) is 24.3 Å². The number of benzene rings is 1. The average Bonchev–Trinajstić information content (AvgIpc) is 2.48. The summed E-state index contributed by atoms with van der Waals surface area (Å²) in [6.45, 7) is 5.87. The smallest absolute Gasteiger partial charge is 0.122 e. The molecule has 1 aromatic rings. The second-order valence-electron chi connectivity index (χ2n) is 5.53. The van der Waals surface area contributed by atoms with Gasteiger partial charge >= 0.3 is 0 Å². The largest absolute Gasteiger partial charge is 0.496 e. The van der Waals surface area contributed by atoms with Crippen molar-refractivity contribution in [3.05, 3.63) is 29.8 Å². The molecule has 4 nitrogen and oxygen atoms in total. The van der Waals surface area contributed by atoms with Crippen molar-refractivity contribution in [3.63, 3.8) is 0 Å². The van der Waals surface area contributed by atoms with Crippen LogP contribution in [0.5, 0.6) is 5.75 Å². The Bertz CT molecular complexity index is 405. The SMILES string of the molecule is COc1ccccc1CC(C)N(C)CC1COCCN1. The Hall–Kier alpha value is -1.10. The zero-order chi connectivity index (χ0) is 14.4. The maximum atomic E-state index is 5.51. The highest BCUT2D eigenvalue weighted by Crippen LogP contribution is 2.20. The van der Waals surface area contributed by atoms with Gasteiger partial charge in [0.2, 0.25) is 0 Å². The molecule has 0 aliphatic carbocycles. The Morgan fingerprint density at radius 2 is 2.25 bits per heavy atom. The predicted octanol–water partition coefficient (Wildman–Crippen LogP) is 1.55. The molecule has 1 fully saturated rings. The lowest BCUT2D eigenvalue weighted by Crippen LogP contribution is -2.49. The molecule has 0 spiro atoms. The van der Waals surface area contributed by atoms with Crippen molar-refractivity contribution >= 4 is 0 Å². The number of hydrogen-bond donors (Lipinski definition) is 1. The monoisotopic (exact) mass is 278 g/mol. The molecule has 0 radical (unpaired) electrons. The van der Waals surface area contributed by atoms with Crippen molar-refractivity contribution in [2.24, 2.45) is 0 Å². The Morgan fingerprint density at radius 1 is 1.45 bits per heavy atom. The number of methoxy groups -OCH3 is 1. The lowest BCUT2D eigenvalue weighted by Gasteiger charge is -2.32. The van der Waals surface area contributed by atoms with Crippen LogP contribution in [0, 0.1) is 0 Å². The van der Waals surface area contributed by atoms with Gasteiger partial charge in [-0.25, -0.2) is 0 Å². The molecule has 1 aliphatic heterocycles. The average molecular weight is 278 g/mol. The fraction of sp³-hybridized carbons (Fsp3) is 0.625. The Kier molecular flexibility index (Phi) is 5.83. The highest BCUT2D eigenvalue weighted by atomic mass is 16.5. The van der Waals surface area contributed by atoms with E-state index in [4.69, 9.17) is 9.47 Å². The summed E-state index contributed by atoms with van der Waals surface area (Å²) < 4.78 is 10.9. The number of likely N-dealkylation sites (N-methyl/N-ethyl adjacent to an activating group) is 1. The first-order chi connectivity index (χ1) is 9.70. The molecule has 0 bridgehead atoms. The van der Waals surface area contributed by atoms with E-state index in [9.17, 15) is 0 Å². The molecular formula is C16H26N2O2. The summed E-state index contributed by atoms with van der Waals surface area (Å²) in [6.07, 6.45) is 0.994. The number of nitrogens with zero attached hydrogens (tertiary/aromatic N) is 1. The third-order valence-electron chi connectivity index (χ3n) is 3.97. The van der Waals surface area contributed by atoms with Crippen molar-refractivity contribution in [3.8, 4) is 5.75 Å². The Balaban J connectivity index is 1.88. The van der Waals surface area contributed by atoms with Crippen molar-refractivity contribution in [1.82, 2.24) is 10.2 Å². The maximum absolute atomic E-state index is 5.51. The number of hydrogen-bond acceptors (Lipinski definition) is 4. The van der Waals surface area contributed by atoms with Gasteiger partial charge in [-0.2, -0.15) is 0 Å². The summed E-state index contributed by atoms with van der Waals surface area (Å²) in [6, 6.07) is 9.16. The van der Waals surface area contributed by atoms with Crippen LogP contribution in [0.2, 0.25) is 0 Å². The molecule has 1 saturated heterocycles. The minimum Gasteiger partial charge on any atom is -0.496 e. The van der Waals surface area contributed by atoms with Crippen LogP contribution < -0.4 is 10.1 Å². The lowest BCUT2D eigenvalue weighted by atomic mass is 10.0. The van der Waals surface area contributed by atoms with Crippen LogP contribution in [0.25, 0.3) is 0 Å². The number of ether oxygens (including phenoxy) is 2. The van der Waals surface area contributed by atoms with Crippen LogP contribution in [-0.2, 0) is 11.2 Å². The maximum Gasteiger partial charge on any atom is 0.122 e. The fourth-order valence-corrected chi connectivity index (χ4v) is 2.61. The molecule has 0 amide bonds. The zero-order valence-electron chi connectivity index (χ0n) is 12.8. The van der Waals surface area contributed by atoms with Gasteiger partial charge in [0.15, 0.2) is 0 Å². The summed E-state index contributed by atoms with van der Waals surface area (Å²) in [5.74, 6) is 0.979. The minimum atomic E-state index is 0.439. The summed E-state index contributed by atoms with van der Waals surface area (Å²) >= 11 is 0. The fourth-order valence-electron chi connectivity index (χ4n) is 2.61. The van der Waals surface area contributed by atoms with Crippen molar-refractivity contribution < 1.29 is 9.47 Å². The van der Waals surface area contributed by atoms with E-state index in [1.54, 1.807) is 7.11 Å². The molecule has 1 heterocycles. The second-order valence-corrected chi connectivity index (χ2v) is 5.53. The van der Waals surface area contributed by atoms with E-state index in [2.05, 4.69) is 36.3 Å². The van der Waals surface area contributed by atoms with Crippen LogP contribution in [0.1, 0.15) is 12.5 Å². The van der Waals surface area contributed by atoms with Crippen molar-refractivity contribution in [1.29, 1.82) is 0 Å². The van der Waals surface area contributed by atoms with Crippen molar-refractivity contribution in [2.45, 2.75) is 25.4 Å². The van der Waals surface area contributed by atoms with E-state index >= 15 is 0 Å². The second kappa shape index (κ2) is 7.62. The molecule has 2 unspecified atom stereocenters. The standard InChI is InChI=1S/C16H26N2O2/c1-13(10-14-6-4-5-7-16(14)19-3)18(2)11-15-12-20-9-8-17-15/h4-7,13,15,17H,8-12H2,1-3H3. The molecule has 1 aliphatic rings. The first kappa shape index (κ1) is 15.3. The Morgan fingerprint density at radius 3 is 2.95 bits per heavy atom. The highest BCUT2D eigenvalue weighted by molar-refractivity contribution is 5.33. The third kappa shape index (κ3) is 4.20. The van der Waals surface area contributed by atoms with Gasteiger partial charge in [-0.1, -0.05) is 18.2 Å². The molecule has 2 rings (SSSR count). The summed E-state index contributed by atoms with van der Waals surface area (Å²) in [7, 11) is 3.91. The van der Waals surface area contributed by atoms with Crippen LogP contribution in [-0.4, -0.2) is 57.4 Å². The predicted molar refractivity (Wildman–Crippen MR) is 81.4 cm³/mol. The van der Waals surface area contributed by atoms with Gasteiger partial charge in [0.05, 0.1) is 20.3 Å². The summed E-state index contributed by atoms with van der Waals surface area (Å²) in [5, 5.41) is 3.50. The molecule has 112 valence electrons. The van der Waals surface area contributed by atoms with Crippen LogP contribution in [0.4, 0.5) is 0 Å². The molecule has 0 aromatic heterocycles. The molecule has 4 heteroatoms. The van der Waals surface area contributed by atoms with E-state index < -0.39 is 0 Å². The van der Waals surface area contributed by atoms with E-state index in [0.29, 0.717) is 12.1 Å². The lowest BCUT2D eigenvalue weighted by molar-refractivity contribution is 0.0606. The third-order valence-corrected chi connectivity index (χ3v) is 3.97. The van der Waals surface area contributed by atoms with Gasteiger partial charge in [-0.05, 0) is 32.0 Å². The number of morpholine rings is 1. The number of rotatable bonds is 6. The first-order valence-corrected chi connectivity index (χ1v) is 7.34. The number of para-hydroxylation sites is 1. The van der Waals surface area contributed by atoms with E-state index in [-0.39, 0.29) is 0 Å². The normalized spacial score (nSPS) is 20.9. The minimum absolute atomic E-state index is 0.439. The van der Waals surface area contributed by atoms with E-state index in [1.165, 1.54) is 5.56 Å². The Labute approximate surface area is 122 Å². The molecule has 0 saturated carbocycles. The first-order valence-electron chi connectivity index (χ1n) is 7.34.